The number of carboxylic acid groups (broad SMARTS) is 2. The van der Waals surface area contributed by atoms with Crippen molar-refractivity contribution in [3.8, 4) is 0 Å². The van der Waals surface area contributed by atoms with Crippen LogP contribution in [-0.4, -0.2) is 149 Å². The Morgan fingerprint density at radius 3 is 1.34 bits per heavy atom. The number of thioether (sulfide) groups is 1. The van der Waals surface area contributed by atoms with Crippen LogP contribution in [0.15, 0.2) is 4.99 Å². The van der Waals surface area contributed by atoms with E-state index in [4.69, 9.17) is 28.7 Å². The Morgan fingerprint density at radius 1 is 0.547 bits per heavy atom. The fraction of sp³-hybridized carbons (Fsp3) is 0.676. The molecule has 0 aromatic heterocycles. The summed E-state index contributed by atoms with van der Waals surface area (Å²) in [4.78, 5) is 143. The summed E-state index contributed by atoms with van der Waals surface area (Å²) in [6.07, 6.45) is -0.878. The van der Waals surface area contributed by atoms with Crippen molar-refractivity contribution >= 4 is 82.8 Å². The van der Waals surface area contributed by atoms with E-state index in [0.717, 1.165) is 0 Å². The first-order valence-corrected chi connectivity index (χ1v) is 21.7. The van der Waals surface area contributed by atoms with E-state index in [9.17, 15) is 63.0 Å². The van der Waals surface area contributed by atoms with Crippen molar-refractivity contribution in [3.05, 3.63) is 0 Å². The first-order chi connectivity index (χ1) is 29.9. The fourth-order valence-corrected chi connectivity index (χ4v) is 6.11. The van der Waals surface area contributed by atoms with Gasteiger partial charge in [-0.25, -0.2) is 4.79 Å². The molecule has 0 aromatic carbocycles. The van der Waals surface area contributed by atoms with Gasteiger partial charge in [-0.15, -0.1) is 0 Å². The van der Waals surface area contributed by atoms with Gasteiger partial charge in [0, 0.05) is 25.8 Å². The monoisotopic (exact) mass is 931 g/mol. The van der Waals surface area contributed by atoms with E-state index in [1.165, 1.54) is 18.7 Å². The van der Waals surface area contributed by atoms with Gasteiger partial charge in [-0.2, -0.15) is 11.8 Å². The Labute approximate surface area is 374 Å². The summed E-state index contributed by atoms with van der Waals surface area (Å²) >= 11 is 1.37. The van der Waals surface area contributed by atoms with E-state index in [2.05, 4.69) is 42.2 Å². The number of nitrogens with one attached hydrogen (secondary N) is 7. The maximum Gasteiger partial charge on any atom is 0.326 e. The highest BCUT2D eigenvalue weighted by molar-refractivity contribution is 7.98. The molecule has 362 valence electrons. The van der Waals surface area contributed by atoms with Gasteiger partial charge in [0.05, 0.1) is 6.54 Å². The molecule has 9 amide bonds. The van der Waals surface area contributed by atoms with Crippen molar-refractivity contribution < 1.29 is 63.0 Å². The zero-order valence-electron chi connectivity index (χ0n) is 36.4. The highest BCUT2D eigenvalue weighted by Crippen LogP contribution is 2.10. The minimum Gasteiger partial charge on any atom is -0.481 e. The lowest BCUT2D eigenvalue weighted by Gasteiger charge is -2.27. The Hall–Kier alpha value is -6.25. The molecule has 0 bridgehead atoms. The van der Waals surface area contributed by atoms with Crippen molar-refractivity contribution in [2.75, 3.05) is 25.1 Å². The van der Waals surface area contributed by atoms with E-state index in [1.54, 1.807) is 20.1 Å². The van der Waals surface area contributed by atoms with Crippen LogP contribution < -0.4 is 65.9 Å². The predicted octanol–water partition coefficient (Wildman–Crippen LogP) is -5.31. The van der Waals surface area contributed by atoms with Gasteiger partial charge < -0.3 is 76.1 Å². The van der Waals surface area contributed by atoms with Crippen LogP contribution in [0.2, 0.25) is 0 Å². The second kappa shape index (κ2) is 30.7. The number of aliphatic imine (C=N–C) groups is 1. The molecule has 7 atom stereocenters. The van der Waals surface area contributed by atoms with Crippen LogP contribution in [0.5, 0.6) is 0 Å². The SMILES string of the molecule is CSCC[C@H](NC(=O)CN)C(=O)N[C@@H](CCC(=O)O)C(=O)N[C@@H](C)C(=O)N[C@@H](CCC(N)=O)C(=O)N[C@@H](CCCN=C(N)N)C(=O)N[C@@H](CCC(N)=O)C(=O)N[C@@H](CC(C)C)C(=O)O. The molecule has 27 heteroatoms. The van der Waals surface area contributed by atoms with Gasteiger partial charge in [-0.3, -0.25) is 52.9 Å². The molecule has 0 spiro atoms. The molecule has 19 N–H and O–H groups in total. The van der Waals surface area contributed by atoms with Crippen molar-refractivity contribution in [2.45, 2.75) is 127 Å². The molecule has 0 radical (unpaired) electrons. The first-order valence-electron chi connectivity index (χ1n) is 20.3. The van der Waals surface area contributed by atoms with Crippen molar-refractivity contribution in [1.29, 1.82) is 0 Å². The van der Waals surface area contributed by atoms with E-state index in [1.807, 2.05) is 0 Å². The molecule has 0 saturated carbocycles. The lowest BCUT2D eigenvalue weighted by Crippen LogP contribution is -2.59. The summed E-state index contributed by atoms with van der Waals surface area (Å²) in [5.74, 6) is -10.9. The Bertz CT molecular complexity index is 1680. The number of aliphatic carboxylic acids is 2. The van der Waals surface area contributed by atoms with Gasteiger partial charge in [-0.05, 0) is 69.8 Å². The number of nitrogens with two attached hydrogens (primary N) is 5. The minimum absolute atomic E-state index is 0.0268. The standard InChI is InChI=1S/C37H65N13O13S/c1-18(2)16-25(36(62)63)50-34(60)22(8-11-27(40)52)48-32(58)20(6-5-14-43-37(41)42)47-33(59)21(7-10-26(39)51)46-30(56)19(3)44-31(57)23(9-12-29(54)55)49-35(61)24(13-15-64-4)45-28(53)17-38/h18-25H,5-17,38H2,1-4H3,(H2,39,51)(H2,40,52)(H,44,57)(H,45,53)(H,46,56)(H,47,59)(H,48,58)(H,49,61)(H,50,60)(H,54,55)(H,62,63)(H4,41,42,43)/t19-,20-,21-,22-,23-,24-,25-/m0/s1. The van der Waals surface area contributed by atoms with Gasteiger partial charge in [0.15, 0.2) is 5.96 Å². The number of carbonyl (C=O) groups excluding carboxylic acids is 9. The normalized spacial score (nSPS) is 14.1. The quantitative estimate of drug-likeness (QED) is 0.0166. The van der Waals surface area contributed by atoms with Gasteiger partial charge >= 0.3 is 11.9 Å². The van der Waals surface area contributed by atoms with E-state index >= 15 is 0 Å². The lowest BCUT2D eigenvalue weighted by atomic mass is 10.0. The average molecular weight is 932 g/mol. The Balaban J connectivity index is 6.49. The summed E-state index contributed by atoms with van der Waals surface area (Å²) < 4.78 is 0. The maximum absolute atomic E-state index is 13.8. The summed E-state index contributed by atoms with van der Waals surface area (Å²) in [6.45, 7) is 4.18. The molecule has 0 aromatic rings. The first kappa shape index (κ1) is 57.8. The topological polar surface area (TPSA) is 455 Å². The molecule has 0 aliphatic carbocycles. The van der Waals surface area contributed by atoms with Gasteiger partial charge in [0.2, 0.25) is 53.2 Å². The van der Waals surface area contributed by atoms with Crippen LogP contribution in [0.25, 0.3) is 0 Å². The highest BCUT2D eigenvalue weighted by Gasteiger charge is 2.34. The van der Waals surface area contributed by atoms with E-state index < -0.39 is 146 Å². The maximum atomic E-state index is 13.8. The largest absolute Gasteiger partial charge is 0.481 e. The average Bonchev–Trinajstić information content (AvgIpc) is 3.20. The number of guanidine groups is 1. The number of hydrogen-bond donors (Lipinski definition) is 14. The molecule has 0 aliphatic rings. The third-order valence-electron chi connectivity index (χ3n) is 9.00. The number of rotatable bonds is 33. The van der Waals surface area contributed by atoms with Crippen molar-refractivity contribution in [2.24, 2.45) is 39.6 Å². The molecule has 64 heavy (non-hydrogen) atoms. The Morgan fingerprint density at radius 2 is 0.953 bits per heavy atom. The number of carboxylic acids is 2. The Kier molecular flexibility index (Phi) is 27.7. The molecule has 0 aliphatic heterocycles. The van der Waals surface area contributed by atoms with Crippen LogP contribution in [0.3, 0.4) is 0 Å². The third-order valence-corrected chi connectivity index (χ3v) is 9.65. The number of primary amides is 2. The highest BCUT2D eigenvalue weighted by atomic mass is 32.2. The van der Waals surface area contributed by atoms with Crippen molar-refractivity contribution in [1.82, 2.24) is 37.2 Å². The number of hydrogen-bond acceptors (Lipinski definition) is 14. The van der Waals surface area contributed by atoms with E-state index in [-0.39, 0.29) is 50.5 Å². The molecular formula is C37H65N13O13S. The number of amides is 9. The molecule has 26 nitrogen and oxygen atoms in total. The molecule has 0 saturated heterocycles. The summed E-state index contributed by atoms with van der Waals surface area (Å²) in [6, 6.07) is -10.1. The van der Waals surface area contributed by atoms with Crippen molar-refractivity contribution in [3.63, 3.8) is 0 Å². The second-order valence-corrected chi connectivity index (χ2v) is 16.0. The number of carbonyl (C=O) groups is 11. The van der Waals surface area contributed by atoms with Gasteiger partial charge in [0.25, 0.3) is 0 Å². The lowest BCUT2D eigenvalue weighted by molar-refractivity contribution is -0.143. The zero-order valence-corrected chi connectivity index (χ0v) is 37.3. The molecule has 0 fully saturated rings. The summed E-state index contributed by atoms with van der Waals surface area (Å²) in [5, 5.41) is 35.7. The molecule has 0 rings (SSSR count). The van der Waals surface area contributed by atoms with Crippen LogP contribution in [0.1, 0.15) is 85.0 Å². The zero-order chi connectivity index (χ0) is 49.1. The van der Waals surface area contributed by atoms with Gasteiger partial charge in [0.1, 0.15) is 42.3 Å². The van der Waals surface area contributed by atoms with Crippen LogP contribution in [0.4, 0.5) is 0 Å². The summed E-state index contributed by atoms with van der Waals surface area (Å²) in [5.41, 5.74) is 26.8. The molecular weight excluding hydrogens is 867 g/mol. The molecule has 0 unspecified atom stereocenters. The predicted molar refractivity (Wildman–Crippen MR) is 232 cm³/mol. The third kappa shape index (κ3) is 25.0. The molecule has 0 heterocycles. The number of nitrogens with zero attached hydrogens (tertiary/aromatic N) is 1. The minimum atomic E-state index is -1.60. The fourth-order valence-electron chi connectivity index (χ4n) is 5.64. The second-order valence-electron chi connectivity index (χ2n) is 15.0. The van der Waals surface area contributed by atoms with E-state index in [0.29, 0.717) is 5.75 Å². The summed E-state index contributed by atoms with van der Waals surface area (Å²) in [7, 11) is 0. The smallest absolute Gasteiger partial charge is 0.326 e. The van der Waals surface area contributed by atoms with Crippen LogP contribution >= 0.6 is 11.8 Å². The van der Waals surface area contributed by atoms with Crippen LogP contribution in [0, 0.1) is 5.92 Å². The van der Waals surface area contributed by atoms with Crippen LogP contribution in [-0.2, 0) is 52.7 Å². The van der Waals surface area contributed by atoms with Gasteiger partial charge in [-0.1, -0.05) is 13.8 Å².